The summed E-state index contributed by atoms with van der Waals surface area (Å²) < 4.78 is 11.7. The molecule has 6 heteroatoms. The lowest BCUT2D eigenvalue weighted by Crippen LogP contribution is -2.19. The number of rotatable bonds is 7. The first-order valence-electron chi connectivity index (χ1n) is 7.49. The van der Waals surface area contributed by atoms with Gasteiger partial charge in [-0.3, -0.25) is 4.79 Å². The zero-order valence-electron chi connectivity index (χ0n) is 13.6. The van der Waals surface area contributed by atoms with Gasteiger partial charge in [-0.15, -0.1) is 0 Å². The Morgan fingerprint density at radius 1 is 1.21 bits per heavy atom. The molecule has 2 aromatic rings. The number of hydrazone groups is 1. The van der Waals surface area contributed by atoms with Crippen LogP contribution in [0.4, 0.5) is 0 Å². The second-order valence-corrected chi connectivity index (χ2v) is 5.86. The molecule has 0 saturated carbocycles. The fourth-order valence-electron chi connectivity index (χ4n) is 2.05. The minimum absolute atomic E-state index is 0.174. The van der Waals surface area contributed by atoms with Gasteiger partial charge in [0.2, 0.25) is 5.91 Å². The second kappa shape index (κ2) is 9.08. The summed E-state index contributed by atoms with van der Waals surface area (Å²) in [5.74, 6) is 1.13. The van der Waals surface area contributed by atoms with Crippen LogP contribution in [0.15, 0.2) is 52.0 Å². The molecule has 0 atom stereocenters. The summed E-state index contributed by atoms with van der Waals surface area (Å²) in [6.45, 7) is 2.45. The summed E-state index contributed by atoms with van der Waals surface area (Å²) >= 11 is 3.36. The minimum Gasteiger partial charge on any atom is -0.493 e. The number of nitrogens with zero attached hydrogens (tertiary/aromatic N) is 1. The van der Waals surface area contributed by atoms with Crippen molar-refractivity contribution in [1.82, 2.24) is 5.43 Å². The minimum atomic E-state index is -0.174. The van der Waals surface area contributed by atoms with Crippen molar-refractivity contribution in [2.75, 3.05) is 13.7 Å². The molecule has 5 nitrogen and oxygen atoms in total. The summed E-state index contributed by atoms with van der Waals surface area (Å²) in [6, 6.07) is 13.0. The third-order valence-corrected chi connectivity index (χ3v) is 3.70. The van der Waals surface area contributed by atoms with Gasteiger partial charge in [-0.2, -0.15) is 5.10 Å². The SMILES string of the molecule is CCOc1cc(C=NNC(=O)Cc2ccc(Br)cc2)ccc1OC. The Bertz CT molecular complexity index is 715. The van der Waals surface area contributed by atoms with Gasteiger partial charge in [-0.1, -0.05) is 28.1 Å². The summed E-state index contributed by atoms with van der Waals surface area (Å²) in [6.07, 6.45) is 1.85. The van der Waals surface area contributed by atoms with Gasteiger partial charge in [-0.05, 0) is 48.4 Å². The first-order chi connectivity index (χ1) is 11.6. The van der Waals surface area contributed by atoms with Gasteiger partial charge in [0, 0.05) is 4.47 Å². The van der Waals surface area contributed by atoms with Crippen LogP contribution in [-0.2, 0) is 11.2 Å². The zero-order chi connectivity index (χ0) is 17.4. The highest BCUT2D eigenvalue weighted by molar-refractivity contribution is 9.10. The number of amides is 1. The third-order valence-electron chi connectivity index (χ3n) is 3.17. The molecule has 0 saturated heterocycles. The fourth-order valence-corrected chi connectivity index (χ4v) is 2.31. The third kappa shape index (κ3) is 5.38. The number of carbonyl (C=O) groups excluding carboxylic acids is 1. The van der Waals surface area contributed by atoms with Crippen molar-refractivity contribution in [2.24, 2.45) is 5.10 Å². The fraction of sp³-hybridized carbons (Fsp3) is 0.222. The molecule has 2 rings (SSSR count). The normalized spacial score (nSPS) is 10.6. The highest BCUT2D eigenvalue weighted by atomic mass is 79.9. The van der Waals surface area contributed by atoms with Gasteiger partial charge in [0.25, 0.3) is 0 Å². The summed E-state index contributed by atoms with van der Waals surface area (Å²) in [7, 11) is 1.59. The average molecular weight is 391 g/mol. The molecular weight excluding hydrogens is 372 g/mol. The predicted molar refractivity (Wildman–Crippen MR) is 97.7 cm³/mol. The van der Waals surface area contributed by atoms with E-state index < -0.39 is 0 Å². The van der Waals surface area contributed by atoms with Crippen LogP contribution in [0.3, 0.4) is 0 Å². The van der Waals surface area contributed by atoms with E-state index in [1.807, 2.05) is 43.3 Å². The molecule has 0 aliphatic carbocycles. The van der Waals surface area contributed by atoms with Crippen LogP contribution in [0.2, 0.25) is 0 Å². The summed E-state index contributed by atoms with van der Waals surface area (Å²) in [5.41, 5.74) is 4.25. The maximum Gasteiger partial charge on any atom is 0.244 e. The lowest BCUT2D eigenvalue weighted by Gasteiger charge is -2.09. The Morgan fingerprint density at radius 3 is 2.62 bits per heavy atom. The van der Waals surface area contributed by atoms with E-state index in [1.54, 1.807) is 19.4 Å². The molecule has 1 amide bonds. The Kier molecular flexibility index (Phi) is 6.81. The van der Waals surface area contributed by atoms with Crippen molar-refractivity contribution in [1.29, 1.82) is 0 Å². The molecular formula is C18H19BrN2O3. The van der Waals surface area contributed by atoms with E-state index in [4.69, 9.17) is 9.47 Å². The van der Waals surface area contributed by atoms with Gasteiger partial charge in [0.05, 0.1) is 26.4 Å². The van der Waals surface area contributed by atoms with Crippen molar-refractivity contribution in [3.05, 3.63) is 58.1 Å². The van der Waals surface area contributed by atoms with Crippen LogP contribution >= 0.6 is 15.9 Å². The molecule has 2 aromatic carbocycles. The van der Waals surface area contributed by atoms with Crippen molar-refractivity contribution < 1.29 is 14.3 Å². The van der Waals surface area contributed by atoms with Crippen LogP contribution in [0, 0.1) is 0 Å². The molecule has 0 radical (unpaired) electrons. The number of halogens is 1. The molecule has 0 aliphatic heterocycles. The van der Waals surface area contributed by atoms with E-state index in [2.05, 4.69) is 26.5 Å². The summed E-state index contributed by atoms with van der Waals surface area (Å²) in [4.78, 5) is 11.9. The van der Waals surface area contributed by atoms with E-state index in [0.29, 0.717) is 18.1 Å². The van der Waals surface area contributed by atoms with E-state index >= 15 is 0 Å². The number of hydrogen-bond donors (Lipinski definition) is 1. The lowest BCUT2D eigenvalue weighted by atomic mass is 10.1. The quantitative estimate of drug-likeness (QED) is 0.580. The molecule has 0 unspecified atom stereocenters. The molecule has 0 bridgehead atoms. The Hall–Kier alpha value is -2.34. The van der Waals surface area contributed by atoms with Crippen molar-refractivity contribution in [2.45, 2.75) is 13.3 Å². The van der Waals surface area contributed by atoms with Crippen LogP contribution in [0.25, 0.3) is 0 Å². The van der Waals surface area contributed by atoms with Crippen molar-refractivity contribution in [3.8, 4) is 11.5 Å². The maximum absolute atomic E-state index is 11.9. The van der Waals surface area contributed by atoms with E-state index in [-0.39, 0.29) is 12.3 Å². The van der Waals surface area contributed by atoms with Gasteiger partial charge in [0.1, 0.15) is 0 Å². The maximum atomic E-state index is 11.9. The standard InChI is InChI=1S/C18H19BrN2O3/c1-3-24-17-10-14(6-9-16(17)23-2)12-20-21-18(22)11-13-4-7-15(19)8-5-13/h4-10,12H,3,11H2,1-2H3,(H,21,22). The number of benzene rings is 2. The molecule has 24 heavy (non-hydrogen) atoms. The van der Waals surface area contributed by atoms with E-state index in [9.17, 15) is 4.79 Å². The van der Waals surface area contributed by atoms with Gasteiger partial charge in [0.15, 0.2) is 11.5 Å². The molecule has 1 N–H and O–H groups in total. The van der Waals surface area contributed by atoms with Crippen molar-refractivity contribution >= 4 is 28.1 Å². The van der Waals surface area contributed by atoms with Crippen LogP contribution < -0.4 is 14.9 Å². The molecule has 0 heterocycles. The highest BCUT2D eigenvalue weighted by Gasteiger charge is 2.05. The monoisotopic (exact) mass is 390 g/mol. The largest absolute Gasteiger partial charge is 0.493 e. The molecule has 0 aromatic heterocycles. The van der Waals surface area contributed by atoms with Gasteiger partial charge in [-0.25, -0.2) is 5.43 Å². The Balaban J connectivity index is 1.94. The number of ether oxygens (including phenoxy) is 2. The second-order valence-electron chi connectivity index (χ2n) is 4.94. The molecule has 0 spiro atoms. The molecule has 0 aliphatic rings. The van der Waals surface area contributed by atoms with Crippen molar-refractivity contribution in [3.63, 3.8) is 0 Å². The highest BCUT2D eigenvalue weighted by Crippen LogP contribution is 2.27. The van der Waals surface area contributed by atoms with Crippen LogP contribution in [0.5, 0.6) is 11.5 Å². The molecule has 0 fully saturated rings. The van der Waals surface area contributed by atoms with E-state index in [1.165, 1.54) is 0 Å². The zero-order valence-corrected chi connectivity index (χ0v) is 15.2. The topological polar surface area (TPSA) is 59.9 Å². The number of methoxy groups -OCH3 is 1. The van der Waals surface area contributed by atoms with Gasteiger partial charge >= 0.3 is 0 Å². The predicted octanol–water partition coefficient (Wildman–Crippen LogP) is 3.55. The number of nitrogens with one attached hydrogen (secondary N) is 1. The van der Waals surface area contributed by atoms with E-state index in [0.717, 1.165) is 15.6 Å². The smallest absolute Gasteiger partial charge is 0.244 e. The van der Waals surface area contributed by atoms with Crippen LogP contribution in [0.1, 0.15) is 18.1 Å². The average Bonchev–Trinajstić information content (AvgIpc) is 2.57. The van der Waals surface area contributed by atoms with Crippen LogP contribution in [-0.4, -0.2) is 25.8 Å². The van der Waals surface area contributed by atoms with Gasteiger partial charge < -0.3 is 9.47 Å². The first kappa shape index (κ1) is 18.0. The Morgan fingerprint density at radius 2 is 1.96 bits per heavy atom. The number of hydrogen-bond acceptors (Lipinski definition) is 4. The Labute approximate surface area is 149 Å². The summed E-state index contributed by atoms with van der Waals surface area (Å²) in [5, 5.41) is 3.98. The first-order valence-corrected chi connectivity index (χ1v) is 8.29. The molecule has 126 valence electrons. The number of carbonyl (C=O) groups is 1. The lowest BCUT2D eigenvalue weighted by molar-refractivity contribution is -0.120.